The summed E-state index contributed by atoms with van der Waals surface area (Å²) in [7, 11) is -3.26. The normalized spacial score (nSPS) is 18.0. The lowest BCUT2D eigenvalue weighted by atomic mass is 9.98. The van der Waals surface area contributed by atoms with Gasteiger partial charge < -0.3 is 10.6 Å². The Balaban J connectivity index is 2.35. The predicted molar refractivity (Wildman–Crippen MR) is 74.6 cm³/mol. The van der Waals surface area contributed by atoms with Gasteiger partial charge in [-0.3, -0.25) is 0 Å². The third-order valence-electron chi connectivity index (χ3n) is 3.57. The van der Waals surface area contributed by atoms with E-state index in [2.05, 4.69) is 11.8 Å². The maximum atomic E-state index is 11.6. The van der Waals surface area contributed by atoms with E-state index in [0.717, 1.165) is 37.5 Å². The van der Waals surface area contributed by atoms with E-state index in [1.807, 2.05) is 6.07 Å². The molecule has 2 rings (SSSR count). The fourth-order valence-corrected chi connectivity index (χ4v) is 3.21. The van der Waals surface area contributed by atoms with Crippen LogP contribution in [-0.2, 0) is 9.84 Å². The molecule has 1 fully saturated rings. The minimum Gasteiger partial charge on any atom is -0.396 e. The number of sulfone groups is 1. The van der Waals surface area contributed by atoms with E-state index < -0.39 is 9.84 Å². The Morgan fingerprint density at radius 2 is 1.89 bits per heavy atom. The lowest BCUT2D eigenvalue weighted by molar-refractivity contribution is 0.438. The van der Waals surface area contributed by atoms with Gasteiger partial charge in [-0.25, -0.2) is 8.42 Å². The van der Waals surface area contributed by atoms with Crippen molar-refractivity contribution in [3.8, 4) is 0 Å². The molecule has 1 aromatic carbocycles. The molecule has 18 heavy (non-hydrogen) atoms. The average molecular weight is 268 g/mol. The van der Waals surface area contributed by atoms with Crippen molar-refractivity contribution in [3.05, 3.63) is 18.2 Å². The molecule has 5 heteroatoms. The van der Waals surface area contributed by atoms with Gasteiger partial charge in [0.1, 0.15) is 0 Å². The maximum Gasteiger partial charge on any atom is 0.177 e. The topological polar surface area (TPSA) is 63.4 Å². The van der Waals surface area contributed by atoms with E-state index in [1.54, 1.807) is 12.1 Å². The number of anilines is 2. The molecule has 1 aliphatic heterocycles. The van der Waals surface area contributed by atoms with Crippen LogP contribution in [0.1, 0.15) is 19.8 Å². The largest absolute Gasteiger partial charge is 0.396 e. The first-order chi connectivity index (χ1) is 8.39. The van der Waals surface area contributed by atoms with Crippen molar-refractivity contribution in [3.63, 3.8) is 0 Å². The summed E-state index contributed by atoms with van der Waals surface area (Å²) in [6, 6.07) is 5.24. The van der Waals surface area contributed by atoms with Gasteiger partial charge in [-0.15, -0.1) is 0 Å². The molecule has 0 atom stereocenters. The molecular formula is C13H20N2O2S. The summed E-state index contributed by atoms with van der Waals surface area (Å²) in [6.07, 6.45) is 3.45. The molecule has 0 spiro atoms. The minimum atomic E-state index is -3.26. The fourth-order valence-electron chi connectivity index (χ4n) is 2.38. The molecular weight excluding hydrogens is 248 g/mol. The lowest BCUT2D eigenvalue weighted by Crippen LogP contribution is -2.33. The van der Waals surface area contributed by atoms with E-state index in [1.165, 1.54) is 6.26 Å². The first-order valence-electron chi connectivity index (χ1n) is 6.23. The Kier molecular flexibility index (Phi) is 3.52. The summed E-state index contributed by atoms with van der Waals surface area (Å²) >= 11 is 0. The summed E-state index contributed by atoms with van der Waals surface area (Å²) in [4.78, 5) is 2.42. The Hall–Kier alpha value is -1.23. The van der Waals surface area contributed by atoms with E-state index in [-0.39, 0.29) is 4.90 Å². The second-order valence-electron chi connectivity index (χ2n) is 5.13. The predicted octanol–water partition coefficient (Wildman–Crippen LogP) is 1.91. The number of nitrogens with zero attached hydrogens (tertiary/aromatic N) is 1. The first-order valence-corrected chi connectivity index (χ1v) is 8.12. The zero-order valence-corrected chi connectivity index (χ0v) is 11.7. The van der Waals surface area contributed by atoms with Crippen LogP contribution >= 0.6 is 0 Å². The van der Waals surface area contributed by atoms with Crippen LogP contribution in [0.15, 0.2) is 23.1 Å². The Bertz CT molecular complexity index is 532. The van der Waals surface area contributed by atoms with Crippen molar-refractivity contribution >= 4 is 21.2 Å². The summed E-state index contributed by atoms with van der Waals surface area (Å²) < 4.78 is 23.3. The van der Waals surface area contributed by atoms with Gasteiger partial charge in [0, 0.05) is 19.3 Å². The zero-order chi connectivity index (χ0) is 13.3. The van der Waals surface area contributed by atoms with Crippen LogP contribution in [-0.4, -0.2) is 27.8 Å². The summed E-state index contributed by atoms with van der Waals surface area (Å²) in [6.45, 7) is 4.13. The van der Waals surface area contributed by atoms with Crippen molar-refractivity contribution in [1.82, 2.24) is 0 Å². The maximum absolute atomic E-state index is 11.6. The van der Waals surface area contributed by atoms with Crippen LogP contribution in [0, 0.1) is 5.92 Å². The molecule has 0 unspecified atom stereocenters. The van der Waals surface area contributed by atoms with Gasteiger partial charge in [-0.1, -0.05) is 13.0 Å². The number of rotatable bonds is 2. The van der Waals surface area contributed by atoms with E-state index in [4.69, 9.17) is 5.73 Å². The standard InChI is InChI=1S/C13H20N2O2S/c1-10-6-8-15(9-7-10)11-4-3-5-12(13(11)14)18(2,16)17/h3-5,10H,6-9,14H2,1-2H3. The smallest absolute Gasteiger partial charge is 0.177 e. The molecule has 0 aromatic heterocycles. The van der Waals surface area contributed by atoms with Crippen LogP contribution in [0.25, 0.3) is 0 Å². The molecule has 1 heterocycles. The monoisotopic (exact) mass is 268 g/mol. The fraction of sp³-hybridized carbons (Fsp3) is 0.538. The van der Waals surface area contributed by atoms with Gasteiger partial charge in [0.2, 0.25) is 0 Å². The number of nitrogens with two attached hydrogens (primary N) is 1. The van der Waals surface area contributed by atoms with E-state index in [0.29, 0.717) is 5.69 Å². The highest BCUT2D eigenvalue weighted by Gasteiger charge is 2.21. The molecule has 0 saturated carbocycles. The number of benzene rings is 1. The number of hydrogen-bond donors (Lipinski definition) is 1. The molecule has 0 amide bonds. The van der Waals surface area contributed by atoms with Gasteiger partial charge in [-0.2, -0.15) is 0 Å². The van der Waals surface area contributed by atoms with Gasteiger partial charge in [0.05, 0.1) is 16.3 Å². The van der Waals surface area contributed by atoms with Crippen LogP contribution < -0.4 is 10.6 Å². The van der Waals surface area contributed by atoms with Gasteiger partial charge in [0.15, 0.2) is 9.84 Å². The van der Waals surface area contributed by atoms with E-state index >= 15 is 0 Å². The van der Waals surface area contributed by atoms with Crippen LogP contribution in [0.5, 0.6) is 0 Å². The number of piperidine rings is 1. The molecule has 0 radical (unpaired) electrons. The molecule has 100 valence electrons. The Morgan fingerprint density at radius 1 is 1.28 bits per heavy atom. The quantitative estimate of drug-likeness (QED) is 0.832. The highest BCUT2D eigenvalue weighted by molar-refractivity contribution is 7.90. The van der Waals surface area contributed by atoms with Crippen LogP contribution in [0.2, 0.25) is 0 Å². The van der Waals surface area contributed by atoms with Crippen LogP contribution in [0.4, 0.5) is 11.4 Å². The van der Waals surface area contributed by atoms with Crippen molar-refractivity contribution in [2.75, 3.05) is 30.0 Å². The second kappa shape index (κ2) is 4.80. The highest BCUT2D eigenvalue weighted by atomic mass is 32.2. The molecule has 1 saturated heterocycles. The van der Waals surface area contributed by atoms with Gasteiger partial charge in [-0.05, 0) is 30.9 Å². The minimum absolute atomic E-state index is 0.235. The van der Waals surface area contributed by atoms with Crippen LogP contribution in [0.3, 0.4) is 0 Å². The van der Waals surface area contributed by atoms with Crippen molar-refractivity contribution in [2.24, 2.45) is 5.92 Å². The molecule has 1 aliphatic rings. The first kappa shape index (κ1) is 13.2. The number of para-hydroxylation sites is 1. The van der Waals surface area contributed by atoms with Crippen molar-refractivity contribution < 1.29 is 8.42 Å². The number of hydrogen-bond acceptors (Lipinski definition) is 4. The molecule has 2 N–H and O–H groups in total. The third kappa shape index (κ3) is 2.61. The summed E-state index contributed by atoms with van der Waals surface area (Å²) in [5, 5.41) is 0. The molecule has 0 bridgehead atoms. The second-order valence-corrected chi connectivity index (χ2v) is 7.11. The van der Waals surface area contributed by atoms with Crippen molar-refractivity contribution in [1.29, 1.82) is 0 Å². The summed E-state index contributed by atoms with van der Waals surface area (Å²) in [5.74, 6) is 0.737. The van der Waals surface area contributed by atoms with Gasteiger partial charge in [0.25, 0.3) is 0 Å². The highest BCUT2D eigenvalue weighted by Crippen LogP contribution is 2.32. The summed E-state index contributed by atoms with van der Waals surface area (Å²) in [5.41, 5.74) is 7.25. The average Bonchev–Trinajstić information content (AvgIpc) is 2.29. The lowest BCUT2D eigenvalue weighted by Gasteiger charge is -2.33. The third-order valence-corrected chi connectivity index (χ3v) is 4.72. The Morgan fingerprint density at radius 3 is 2.44 bits per heavy atom. The van der Waals surface area contributed by atoms with Crippen molar-refractivity contribution in [2.45, 2.75) is 24.7 Å². The SMILES string of the molecule is CC1CCN(c2cccc(S(C)(=O)=O)c2N)CC1. The Labute approximate surface area is 109 Å². The zero-order valence-electron chi connectivity index (χ0n) is 10.9. The van der Waals surface area contributed by atoms with Gasteiger partial charge >= 0.3 is 0 Å². The molecule has 4 nitrogen and oxygen atoms in total. The molecule has 0 aliphatic carbocycles. The molecule has 1 aromatic rings. The number of nitrogen functional groups attached to an aromatic ring is 1. The van der Waals surface area contributed by atoms with E-state index in [9.17, 15) is 8.42 Å².